The highest BCUT2D eigenvalue weighted by Crippen LogP contribution is 2.38. The normalized spacial score (nSPS) is 19.1. The van der Waals surface area contributed by atoms with Crippen molar-refractivity contribution in [3.05, 3.63) is 53.2 Å². The quantitative estimate of drug-likeness (QED) is 0.672. The molecule has 0 aliphatic carbocycles. The Bertz CT molecular complexity index is 1090. The maximum atomic E-state index is 14.3. The van der Waals surface area contributed by atoms with Crippen molar-refractivity contribution in [2.24, 2.45) is 0 Å². The summed E-state index contributed by atoms with van der Waals surface area (Å²) >= 11 is 0. The van der Waals surface area contributed by atoms with Crippen LogP contribution in [0.4, 0.5) is 24.8 Å². The summed E-state index contributed by atoms with van der Waals surface area (Å²) in [5.41, 5.74) is 6.01. The Kier molecular flexibility index (Phi) is 4.77. The number of aromatic nitrogens is 3. The second-order valence-corrected chi connectivity index (χ2v) is 6.70. The molecule has 1 aromatic carbocycles. The van der Waals surface area contributed by atoms with E-state index in [0.717, 1.165) is 18.2 Å². The van der Waals surface area contributed by atoms with Gasteiger partial charge in [0, 0.05) is 18.2 Å². The van der Waals surface area contributed by atoms with Crippen molar-refractivity contribution >= 4 is 23.3 Å². The molecule has 1 aliphatic rings. The summed E-state index contributed by atoms with van der Waals surface area (Å²) in [6.45, 7) is 1.75. The fourth-order valence-corrected chi connectivity index (χ4v) is 3.60. The van der Waals surface area contributed by atoms with E-state index in [9.17, 15) is 18.0 Å². The maximum Gasteiger partial charge on any atom is 0.345 e. The van der Waals surface area contributed by atoms with E-state index in [2.05, 4.69) is 10.1 Å². The summed E-state index contributed by atoms with van der Waals surface area (Å²) in [5.74, 6) is -1.68. The fraction of sp³-hybridized carbons (Fsp3) is 0.316. The van der Waals surface area contributed by atoms with Crippen LogP contribution in [-0.4, -0.2) is 39.9 Å². The molecule has 2 atom stereocenters. The zero-order valence-electron chi connectivity index (χ0n) is 15.5. The highest BCUT2D eigenvalue weighted by atomic mass is 19.1. The van der Waals surface area contributed by atoms with Gasteiger partial charge in [0.1, 0.15) is 29.2 Å². The van der Waals surface area contributed by atoms with Crippen LogP contribution in [0.25, 0.3) is 5.65 Å². The number of halogens is 3. The number of nitrogens with zero attached hydrogens (tertiary/aromatic N) is 4. The molecule has 7 nitrogen and oxygen atoms in total. The predicted molar refractivity (Wildman–Crippen MR) is 99.3 cm³/mol. The van der Waals surface area contributed by atoms with E-state index in [1.165, 1.54) is 10.7 Å². The number of rotatable bonds is 4. The highest BCUT2D eigenvalue weighted by molar-refractivity contribution is 6.00. The van der Waals surface area contributed by atoms with Gasteiger partial charge >= 0.3 is 5.97 Å². The lowest BCUT2D eigenvalue weighted by atomic mass is 10.0. The molecule has 152 valence electrons. The first kappa shape index (κ1) is 19.0. The Balaban J connectivity index is 1.79. The molecule has 4 rings (SSSR count). The van der Waals surface area contributed by atoms with Gasteiger partial charge < -0.3 is 15.4 Å². The molecule has 10 heteroatoms. The molecule has 0 spiro atoms. The van der Waals surface area contributed by atoms with E-state index in [1.54, 1.807) is 17.9 Å². The Morgan fingerprint density at radius 3 is 2.90 bits per heavy atom. The summed E-state index contributed by atoms with van der Waals surface area (Å²) in [5, 5.41) is 4.03. The Morgan fingerprint density at radius 2 is 2.14 bits per heavy atom. The average Bonchev–Trinajstić information content (AvgIpc) is 3.22. The lowest BCUT2D eigenvalue weighted by molar-refractivity contribution is 0.0529. The van der Waals surface area contributed by atoms with Gasteiger partial charge in [-0.15, -0.1) is 5.10 Å². The predicted octanol–water partition coefficient (Wildman–Crippen LogP) is 3.06. The van der Waals surface area contributed by atoms with Crippen LogP contribution in [0.5, 0.6) is 0 Å². The first-order valence-electron chi connectivity index (χ1n) is 9.06. The van der Waals surface area contributed by atoms with E-state index in [-0.39, 0.29) is 48.0 Å². The van der Waals surface area contributed by atoms with Crippen LogP contribution in [0.15, 0.2) is 30.5 Å². The van der Waals surface area contributed by atoms with Gasteiger partial charge in [-0.05, 0) is 31.2 Å². The zero-order valence-corrected chi connectivity index (χ0v) is 15.5. The molecule has 0 amide bonds. The molecule has 3 aromatic rings. The summed E-state index contributed by atoms with van der Waals surface area (Å²) in [7, 11) is 0. The fourth-order valence-electron chi connectivity index (χ4n) is 3.60. The highest BCUT2D eigenvalue weighted by Gasteiger charge is 2.36. The van der Waals surface area contributed by atoms with E-state index < -0.39 is 29.8 Å². The monoisotopic (exact) mass is 405 g/mol. The van der Waals surface area contributed by atoms with Crippen LogP contribution in [-0.2, 0) is 4.74 Å². The summed E-state index contributed by atoms with van der Waals surface area (Å²) < 4.78 is 48.6. The maximum absolute atomic E-state index is 14.3. The summed E-state index contributed by atoms with van der Waals surface area (Å²) in [6.07, 6.45) is 0.251. The van der Waals surface area contributed by atoms with Crippen LogP contribution >= 0.6 is 0 Å². The number of hydrogen-bond acceptors (Lipinski definition) is 6. The molecule has 2 N–H and O–H groups in total. The Hall–Kier alpha value is -3.30. The van der Waals surface area contributed by atoms with Gasteiger partial charge in [-0.1, -0.05) is 0 Å². The van der Waals surface area contributed by atoms with Crippen molar-refractivity contribution in [1.82, 2.24) is 14.6 Å². The first-order chi connectivity index (χ1) is 13.9. The molecule has 1 fully saturated rings. The second kappa shape index (κ2) is 7.26. The third kappa shape index (κ3) is 3.34. The Morgan fingerprint density at radius 1 is 1.34 bits per heavy atom. The van der Waals surface area contributed by atoms with Gasteiger partial charge in [0.05, 0.1) is 19.2 Å². The number of nitrogens with two attached hydrogens (primary N) is 1. The number of carbonyl (C=O) groups excluding carboxylic acids is 1. The number of carbonyl (C=O) groups is 1. The lowest BCUT2D eigenvalue weighted by Gasteiger charge is -2.26. The van der Waals surface area contributed by atoms with Gasteiger partial charge in [-0.2, -0.15) is 0 Å². The minimum Gasteiger partial charge on any atom is -0.462 e. The lowest BCUT2D eigenvalue weighted by Crippen LogP contribution is -2.25. The molecule has 2 aromatic heterocycles. The number of ether oxygens (including phenoxy) is 1. The van der Waals surface area contributed by atoms with Crippen molar-refractivity contribution < 1.29 is 22.7 Å². The minimum absolute atomic E-state index is 0.00168. The zero-order chi connectivity index (χ0) is 20.7. The molecular weight excluding hydrogens is 387 g/mol. The first-order valence-corrected chi connectivity index (χ1v) is 9.06. The standard InChI is InChI=1S/C19H18F3N5O2/c1-2-29-19(28)16-17(23)25-27-6-5-15(24-18(16)27)26-9-11(21)8-14(26)12-7-10(20)3-4-13(12)22/h3-7,11,14H,2,8-9H2,1H3,(H2,23,25)/t11-,14+/m1/s1. The molecule has 0 radical (unpaired) electrons. The smallest absolute Gasteiger partial charge is 0.345 e. The minimum atomic E-state index is -1.25. The van der Waals surface area contributed by atoms with Gasteiger partial charge in [-0.25, -0.2) is 27.5 Å². The van der Waals surface area contributed by atoms with Crippen LogP contribution in [0.2, 0.25) is 0 Å². The largest absolute Gasteiger partial charge is 0.462 e. The van der Waals surface area contributed by atoms with Crippen molar-refractivity contribution in [3.8, 4) is 0 Å². The topological polar surface area (TPSA) is 85.8 Å². The van der Waals surface area contributed by atoms with Crippen LogP contribution in [0.3, 0.4) is 0 Å². The Labute approximate surface area is 163 Å². The van der Waals surface area contributed by atoms with Gasteiger partial charge in [0.25, 0.3) is 0 Å². The average molecular weight is 405 g/mol. The van der Waals surface area contributed by atoms with E-state index in [1.807, 2.05) is 0 Å². The number of alkyl halides is 1. The van der Waals surface area contributed by atoms with Crippen LogP contribution in [0.1, 0.15) is 35.3 Å². The molecule has 29 heavy (non-hydrogen) atoms. The van der Waals surface area contributed by atoms with Gasteiger partial charge in [-0.3, -0.25) is 0 Å². The van der Waals surface area contributed by atoms with E-state index >= 15 is 0 Å². The van der Waals surface area contributed by atoms with Gasteiger partial charge in [0.15, 0.2) is 11.5 Å². The van der Waals surface area contributed by atoms with Crippen molar-refractivity contribution in [2.75, 3.05) is 23.8 Å². The number of esters is 1. The van der Waals surface area contributed by atoms with Crippen molar-refractivity contribution in [1.29, 1.82) is 0 Å². The molecular formula is C19H18F3N5O2. The van der Waals surface area contributed by atoms with Crippen molar-refractivity contribution in [2.45, 2.75) is 25.6 Å². The van der Waals surface area contributed by atoms with E-state index in [4.69, 9.17) is 10.5 Å². The third-order valence-corrected chi connectivity index (χ3v) is 4.84. The molecule has 3 heterocycles. The summed E-state index contributed by atoms with van der Waals surface area (Å²) in [4.78, 5) is 18.2. The number of hydrogen-bond donors (Lipinski definition) is 1. The van der Waals surface area contributed by atoms with Gasteiger partial charge in [0.2, 0.25) is 0 Å². The summed E-state index contributed by atoms with van der Waals surface area (Å²) in [6, 6.07) is 3.89. The number of benzene rings is 1. The van der Waals surface area contributed by atoms with Crippen LogP contribution < -0.4 is 10.6 Å². The SMILES string of the molecule is CCOC(=O)c1c(N)nn2ccc(N3C[C@H](F)C[C@H]3c3cc(F)ccc3F)nc12. The number of nitrogen functional groups attached to an aromatic ring is 1. The second-order valence-electron chi connectivity index (χ2n) is 6.70. The molecule has 0 unspecified atom stereocenters. The third-order valence-electron chi connectivity index (χ3n) is 4.84. The number of anilines is 2. The number of fused-ring (bicyclic) bond motifs is 1. The van der Waals surface area contributed by atoms with Crippen LogP contribution in [0, 0.1) is 11.6 Å². The molecule has 0 bridgehead atoms. The van der Waals surface area contributed by atoms with Crippen molar-refractivity contribution in [3.63, 3.8) is 0 Å². The van der Waals surface area contributed by atoms with E-state index in [0.29, 0.717) is 0 Å². The molecule has 1 saturated heterocycles. The molecule has 1 aliphatic heterocycles. The molecule has 0 saturated carbocycles.